The van der Waals surface area contributed by atoms with Gasteiger partial charge in [0.05, 0.1) is 11.7 Å². The summed E-state index contributed by atoms with van der Waals surface area (Å²) in [6, 6.07) is 6.73. The lowest BCUT2D eigenvalue weighted by Crippen LogP contribution is -2.32. The van der Waals surface area contributed by atoms with Crippen LogP contribution in [-0.2, 0) is 9.53 Å². The van der Waals surface area contributed by atoms with Crippen molar-refractivity contribution in [1.82, 2.24) is 0 Å². The van der Waals surface area contributed by atoms with E-state index in [1.165, 1.54) is 11.1 Å². The van der Waals surface area contributed by atoms with E-state index < -0.39 is 18.2 Å². The first-order valence-electron chi connectivity index (χ1n) is 12.1. The lowest BCUT2D eigenvalue weighted by atomic mass is 9.91. The Balaban J connectivity index is 1.59. The van der Waals surface area contributed by atoms with Crippen LogP contribution < -0.4 is 4.74 Å². The Labute approximate surface area is 202 Å². The topological polar surface area (TPSA) is 72.8 Å². The molecule has 3 rings (SSSR count). The first-order chi connectivity index (χ1) is 16.5. The monoisotopic (exact) mass is 462 g/mol. The number of hydrogen-bond acceptors (Lipinski definition) is 5. The van der Waals surface area contributed by atoms with Gasteiger partial charge < -0.3 is 14.6 Å². The van der Waals surface area contributed by atoms with Crippen molar-refractivity contribution in [2.75, 3.05) is 0 Å². The fourth-order valence-corrected chi connectivity index (χ4v) is 4.05. The zero-order valence-electron chi connectivity index (χ0n) is 19.9. The normalized spacial score (nSPS) is 17.1. The molecule has 0 saturated heterocycles. The summed E-state index contributed by atoms with van der Waals surface area (Å²) in [4.78, 5) is 23.5. The second kappa shape index (κ2) is 12.9. The van der Waals surface area contributed by atoms with Gasteiger partial charge in [0.25, 0.3) is 0 Å². The maximum atomic E-state index is 12.6. The molecule has 0 amide bonds. The molecule has 0 bridgehead atoms. The molecule has 34 heavy (non-hydrogen) atoms. The summed E-state index contributed by atoms with van der Waals surface area (Å²) in [7, 11) is 0. The number of esters is 1. The number of unbranched alkanes of at least 4 members (excludes halogenated alkanes) is 1. The Kier molecular flexibility index (Phi) is 9.65. The zero-order chi connectivity index (χ0) is 24.3. The number of rotatable bonds is 12. The minimum absolute atomic E-state index is 0.168. The third-order valence-corrected chi connectivity index (χ3v) is 6.05. The molecule has 1 aromatic rings. The third-order valence-electron chi connectivity index (χ3n) is 6.05. The molecule has 2 atom stereocenters. The van der Waals surface area contributed by atoms with Gasteiger partial charge in [0.2, 0.25) is 0 Å². The average Bonchev–Trinajstić information content (AvgIpc) is 2.87. The number of aliphatic hydroxyl groups is 1. The van der Waals surface area contributed by atoms with Crippen molar-refractivity contribution in [2.24, 2.45) is 0 Å². The van der Waals surface area contributed by atoms with Gasteiger partial charge in [0.15, 0.2) is 0 Å². The van der Waals surface area contributed by atoms with Crippen LogP contribution in [0.3, 0.4) is 0 Å². The summed E-state index contributed by atoms with van der Waals surface area (Å²) >= 11 is 0. The van der Waals surface area contributed by atoms with Crippen LogP contribution >= 0.6 is 0 Å². The maximum Gasteiger partial charge on any atom is 0.343 e. The largest absolute Gasteiger partial charge is 0.488 e. The van der Waals surface area contributed by atoms with E-state index in [9.17, 15) is 14.7 Å². The van der Waals surface area contributed by atoms with Crippen LogP contribution in [0.2, 0.25) is 0 Å². The summed E-state index contributed by atoms with van der Waals surface area (Å²) in [5, 5.41) is 10.5. The molecule has 0 spiro atoms. The van der Waals surface area contributed by atoms with Crippen molar-refractivity contribution in [2.45, 2.75) is 70.5 Å². The van der Waals surface area contributed by atoms with E-state index in [2.05, 4.69) is 37.8 Å². The molecule has 2 unspecified atom stereocenters. The van der Waals surface area contributed by atoms with Crippen LogP contribution in [0, 0.1) is 0 Å². The fourth-order valence-electron chi connectivity index (χ4n) is 4.05. The van der Waals surface area contributed by atoms with Gasteiger partial charge in [-0.1, -0.05) is 44.2 Å². The first-order valence-corrected chi connectivity index (χ1v) is 12.1. The third kappa shape index (κ3) is 7.42. The van der Waals surface area contributed by atoms with E-state index in [1.54, 1.807) is 24.3 Å². The van der Waals surface area contributed by atoms with Crippen LogP contribution in [-0.4, -0.2) is 29.6 Å². The highest BCUT2D eigenvalue weighted by molar-refractivity contribution is 5.90. The van der Waals surface area contributed by atoms with Gasteiger partial charge in [-0.3, -0.25) is 4.79 Å². The highest BCUT2D eigenvalue weighted by Gasteiger charge is 2.22. The predicted molar refractivity (Wildman–Crippen MR) is 133 cm³/mol. The average molecular weight is 463 g/mol. The van der Waals surface area contributed by atoms with Gasteiger partial charge in [-0.15, -0.1) is 0 Å². The van der Waals surface area contributed by atoms with Crippen LogP contribution in [0.25, 0.3) is 0 Å². The van der Waals surface area contributed by atoms with E-state index in [1.807, 2.05) is 6.08 Å². The quantitative estimate of drug-likeness (QED) is 0.229. The van der Waals surface area contributed by atoms with Crippen LogP contribution in [0.5, 0.6) is 5.75 Å². The summed E-state index contributed by atoms with van der Waals surface area (Å²) in [5.41, 5.74) is 3.44. The number of carbonyl (C=O) groups excluding carboxylic acids is 2. The van der Waals surface area contributed by atoms with Crippen LogP contribution in [0.1, 0.15) is 68.6 Å². The molecule has 180 valence electrons. The van der Waals surface area contributed by atoms with Crippen molar-refractivity contribution >= 4 is 12.3 Å². The smallest absolute Gasteiger partial charge is 0.343 e. The molecule has 1 N–H and O–H groups in total. The predicted octanol–water partition coefficient (Wildman–Crippen LogP) is 6.17. The molecule has 5 heteroatoms. The minimum Gasteiger partial charge on any atom is -0.488 e. The second-order valence-corrected chi connectivity index (χ2v) is 8.74. The Morgan fingerprint density at radius 2 is 1.88 bits per heavy atom. The second-order valence-electron chi connectivity index (χ2n) is 8.74. The van der Waals surface area contributed by atoms with Gasteiger partial charge in [0.1, 0.15) is 23.9 Å². The standard InChI is InChI=1S/C29H34O5/c1-3-4-10-28(27(31)19-21(2)20-30)33-25-17-13-24(14-18-25)29(32)34-26-15-11-23(12-16-26)22-8-6-5-7-9-22/h5-6,8,11,13-15,17-18,20,27-28,31H,2-4,7,9-10,12,16,19H2,1H3. The fraction of sp³-hybridized carbons (Fsp3) is 0.379. The summed E-state index contributed by atoms with van der Waals surface area (Å²) < 4.78 is 11.6. The molecule has 0 aromatic heterocycles. The van der Waals surface area contributed by atoms with Gasteiger partial charge in [-0.2, -0.15) is 0 Å². The van der Waals surface area contributed by atoms with E-state index in [0.717, 1.165) is 32.1 Å². The minimum atomic E-state index is -0.828. The molecule has 5 nitrogen and oxygen atoms in total. The number of ether oxygens (including phenoxy) is 2. The van der Waals surface area contributed by atoms with Crippen molar-refractivity contribution in [3.63, 3.8) is 0 Å². The van der Waals surface area contributed by atoms with Crippen LogP contribution in [0.4, 0.5) is 0 Å². The zero-order valence-corrected chi connectivity index (χ0v) is 19.9. The van der Waals surface area contributed by atoms with Crippen molar-refractivity contribution < 1.29 is 24.2 Å². The van der Waals surface area contributed by atoms with Crippen molar-refractivity contribution in [1.29, 1.82) is 0 Å². The molecule has 1 aromatic carbocycles. The Bertz CT molecular complexity index is 994. The molecule has 0 radical (unpaired) electrons. The van der Waals surface area contributed by atoms with E-state index >= 15 is 0 Å². The number of allylic oxidation sites excluding steroid dienone is 8. The number of carbonyl (C=O) groups is 2. The number of benzene rings is 1. The van der Waals surface area contributed by atoms with E-state index in [0.29, 0.717) is 41.8 Å². The van der Waals surface area contributed by atoms with Gasteiger partial charge in [-0.25, -0.2) is 4.79 Å². The molecule has 2 aliphatic rings. The molecule has 0 saturated carbocycles. The Hall–Kier alpha value is -3.18. The summed E-state index contributed by atoms with van der Waals surface area (Å²) in [6.07, 6.45) is 16.1. The lowest BCUT2D eigenvalue weighted by Gasteiger charge is -2.24. The SMILES string of the molecule is C=C(C=O)CC(O)C(CCCC)Oc1ccc(C(=O)OC2=CC=C(C3=CC=CCC3)CC2)cc1. The van der Waals surface area contributed by atoms with E-state index in [-0.39, 0.29) is 6.42 Å². The summed E-state index contributed by atoms with van der Waals surface area (Å²) in [6.45, 7) is 5.71. The summed E-state index contributed by atoms with van der Waals surface area (Å²) in [5.74, 6) is 0.811. The lowest BCUT2D eigenvalue weighted by molar-refractivity contribution is -0.105. The van der Waals surface area contributed by atoms with Crippen molar-refractivity contribution in [3.8, 4) is 5.75 Å². The van der Waals surface area contributed by atoms with Crippen molar-refractivity contribution in [3.05, 3.63) is 89.3 Å². The highest BCUT2D eigenvalue weighted by Crippen LogP contribution is 2.29. The van der Waals surface area contributed by atoms with E-state index in [4.69, 9.17) is 9.47 Å². The number of aliphatic hydroxyl groups excluding tert-OH is 1. The molecule has 0 heterocycles. The van der Waals surface area contributed by atoms with Gasteiger partial charge in [0, 0.05) is 12.8 Å². The highest BCUT2D eigenvalue weighted by atomic mass is 16.5. The number of aldehydes is 1. The molecule has 0 aliphatic heterocycles. The van der Waals surface area contributed by atoms with Gasteiger partial charge in [-0.05, 0) is 79.2 Å². The van der Waals surface area contributed by atoms with Crippen LogP contribution in [0.15, 0.2) is 83.7 Å². The van der Waals surface area contributed by atoms with Gasteiger partial charge >= 0.3 is 5.97 Å². The molecular formula is C29H34O5. The Morgan fingerprint density at radius 3 is 2.50 bits per heavy atom. The Morgan fingerprint density at radius 1 is 1.12 bits per heavy atom. The first kappa shape index (κ1) is 25.4. The number of hydrogen-bond donors (Lipinski definition) is 1. The molecule has 0 fully saturated rings. The maximum absolute atomic E-state index is 12.6. The molecule has 2 aliphatic carbocycles. The molecular weight excluding hydrogens is 428 g/mol.